The molecule has 0 fully saturated rings. The van der Waals surface area contributed by atoms with E-state index in [2.05, 4.69) is 25.0 Å². The molecule has 0 N–H and O–H groups in total. The van der Waals surface area contributed by atoms with E-state index in [1.54, 1.807) is 26.3 Å². The highest BCUT2D eigenvalue weighted by Gasteiger charge is 2.25. The Morgan fingerprint density at radius 2 is 1.93 bits per heavy atom. The molecule has 5 rings (SSSR count). The van der Waals surface area contributed by atoms with Gasteiger partial charge in [0, 0.05) is 17.7 Å². The quantitative estimate of drug-likeness (QED) is 0.549. The van der Waals surface area contributed by atoms with Crippen LogP contribution in [0.3, 0.4) is 0 Å². The first-order chi connectivity index (χ1) is 13.6. The fourth-order valence-electron chi connectivity index (χ4n) is 3.68. The van der Waals surface area contributed by atoms with Crippen molar-refractivity contribution < 1.29 is 9.13 Å². The van der Waals surface area contributed by atoms with Gasteiger partial charge < -0.3 is 9.30 Å². The molecular formula is C20H17FN6O. The summed E-state index contributed by atoms with van der Waals surface area (Å²) < 4.78 is 21.1. The number of fused-ring (bicyclic) bond motifs is 3. The Morgan fingerprint density at radius 3 is 2.64 bits per heavy atom. The SMILES string of the molecule is COc1cc2c(cc1-c1nnn(C)n1)-c1c(-c3ccc(F)cc3)ncn1CC2. The van der Waals surface area contributed by atoms with Crippen molar-refractivity contribution in [1.82, 2.24) is 29.8 Å². The van der Waals surface area contributed by atoms with Crippen molar-refractivity contribution in [3.63, 3.8) is 0 Å². The van der Waals surface area contributed by atoms with Gasteiger partial charge in [-0.05, 0) is 53.6 Å². The van der Waals surface area contributed by atoms with Crippen LogP contribution in [-0.2, 0) is 20.0 Å². The highest BCUT2D eigenvalue weighted by Crippen LogP contribution is 2.41. The van der Waals surface area contributed by atoms with Gasteiger partial charge in [-0.2, -0.15) is 4.80 Å². The Labute approximate surface area is 160 Å². The molecule has 3 heterocycles. The zero-order valence-corrected chi connectivity index (χ0v) is 15.4. The number of halogens is 1. The summed E-state index contributed by atoms with van der Waals surface area (Å²) in [5.41, 5.74) is 5.68. The van der Waals surface area contributed by atoms with Gasteiger partial charge in [0.05, 0.1) is 37.4 Å². The van der Waals surface area contributed by atoms with Crippen LogP contribution in [0, 0.1) is 5.82 Å². The molecule has 1 aliphatic heterocycles. The van der Waals surface area contributed by atoms with Gasteiger partial charge in [-0.3, -0.25) is 0 Å². The maximum absolute atomic E-state index is 13.4. The fraction of sp³-hybridized carbons (Fsp3) is 0.200. The van der Waals surface area contributed by atoms with E-state index in [1.165, 1.54) is 22.5 Å². The van der Waals surface area contributed by atoms with Crippen LogP contribution >= 0.6 is 0 Å². The first-order valence-electron chi connectivity index (χ1n) is 8.91. The third-order valence-corrected chi connectivity index (χ3v) is 5.01. The van der Waals surface area contributed by atoms with Crippen molar-refractivity contribution in [3.05, 3.63) is 54.1 Å². The number of nitrogens with zero attached hydrogens (tertiary/aromatic N) is 6. The summed E-state index contributed by atoms with van der Waals surface area (Å²) in [6.07, 6.45) is 2.70. The molecule has 0 radical (unpaired) electrons. The molecule has 0 bridgehead atoms. The third kappa shape index (κ3) is 2.57. The van der Waals surface area contributed by atoms with Crippen LogP contribution in [0.2, 0.25) is 0 Å². The van der Waals surface area contributed by atoms with E-state index in [0.717, 1.165) is 41.0 Å². The summed E-state index contributed by atoms with van der Waals surface area (Å²) in [4.78, 5) is 6.03. The minimum atomic E-state index is -0.266. The van der Waals surface area contributed by atoms with E-state index >= 15 is 0 Å². The maximum atomic E-state index is 13.4. The molecule has 0 spiro atoms. The zero-order valence-electron chi connectivity index (χ0n) is 15.4. The molecule has 140 valence electrons. The number of tetrazole rings is 1. The van der Waals surface area contributed by atoms with Gasteiger partial charge in [-0.15, -0.1) is 10.2 Å². The van der Waals surface area contributed by atoms with Gasteiger partial charge in [0.1, 0.15) is 11.6 Å². The molecule has 0 atom stereocenters. The predicted molar refractivity (Wildman–Crippen MR) is 101 cm³/mol. The lowest BCUT2D eigenvalue weighted by molar-refractivity contribution is 0.415. The van der Waals surface area contributed by atoms with E-state index in [0.29, 0.717) is 11.6 Å². The van der Waals surface area contributed by atoms with E-state index < -0.39 is 0 Å². The van der Waals surface area contributed by atoms with Crippen molar-refractivity contribution >= 4 is 0 Å². The van der Waals surface area contributed by atoms with Gasteiger partial charge in [0.2, 0.25) is 5.82 Å². The molecule has 2 aromatic carbocycles. The molecule has 0 aliphatic carbocycles. The second-order valence-electron chi connectivity index (χ2n) is 6.70. The highest BCUT2D eigenvalue weighted by atomic mass is 19.1. The highest BCUT2D eigenvalue weighted by molar-refractivity contribution is 5.84. The summed E-state index contributed by atoms with van der Waals surface area (Å²) in [7, 11) is 3.36. The van der Waals surface area contributed by atoms with E-state index in [1.807, 2.05) is 18.5 Å². The van der Waals surface area contributed by atoms with Crippen LogP contribution in [0.5, 0.6) is 5.75 Å². The van der Waals surface area contributed by atoms with Gasteiger partial charge in [-0.25, -0.2) is 9.37 Å². The summed E-state index contributed by atoms with van der Waals surface area (Å²) >= 11 is 0. The number of aromatic nitrogens is 6. The van der Waals surface area contributed by atoms with Gasteiger partial charge >= 0.3 is 0 Å². The Hall–Kier alpha value is -3.55. The fourth-order valence-corrected chi connectivity index (χ4v) is 3.68. The maximum Gasteiger partial charge on any atom is 0.208 e. The zero-order chi connectivity index (χ0) is 19.3. The predicted octanol–water partition coefficient (Wildman–Crippen LogP) is 3.11. The number of aryl methyl sites for hydroxylation is 3. The monoisotopic (exact) mass is 376 g/mol. The van der Waals surface area contributed by atoms with Crippen LogP contribution in [0.1, 0.15) is 5.56 Å². The first kappa shape index (κ1) is 16.6. The summed E-state index contributed by atoms with van der Waals surface area (Å²) in [6.45, 7) is 0.822. The number of ether oxygens (including phenoxy) is 1. The van der Waals surface area contributed by atoms with Gasteiger partial charge in [0.25, 0.3) is 0 Å². The minimum absolute atomic E-state index is 0.266. The minimum Gasteiger partial charge on any atom is -0.496 e. The van der Waals surface area contributed by atoms with E-state index in [9.17, 15) is 4.39 Å². The van der Waals surface area contributed by atoms with Crippen molar-refractivity contribution in [2.45, 2.75) is 13.0 Å². The average Bonchev–Trinajstić information content (AvgIpc) is 3.34. The first-order valence-corrected chi connectivity index (χ1v) is 8.91. The van der Waals surface area contributed by atoms with Crippen LogP contribution in [0.4, 0.5) is 4.39 Å². The second-order valence-corrected chi connectivity index (χ2v) is 6.70. The number of rotatable bonds is 3. The molecule has 0 saturated heterocycles. The Morgan fingerprint density at radius 1 is 1.11 bits per heavy atom. The average molecular weight is 376 g/mol. The lowest BCUT2D eigenvalue weighted by Gasteiger charge is -2.22. The Bertz CT molecular complexity index is 1180. The van der Waals surface area contributed by atoms with Crippen molar-refractivity contribution in [2.24, 2.45) is 7.05 Å². The van der Waals surface area contributed by atoms with E-state index in [-0.39, 0.29) is 5.82 Å². The Balaban J connectivity index is 1.72. The van der Waals surface area contributed by atoms with Gasteiger partial charge in [-0.1, -0.05) is 0 Å². The molecule has 2 aromatic heterocycles. The topological polar surface area (TPSA) is 70.7 Å². The number of benzene rings is 2. The molecular weight excluding hydrogens is 359 g/mol. The number of imidazole rings is 1. The molecule has 0 amide bonds. The molecule has 28 heavy (non-hydrogen) atoms. The van der Waals surface area contributed by atoms with Crippen molar-refractivity contribution in [1.29, 1.82) is 0 Å². The molecule has 4 aromatic rings. The lowest BCUT2D eigenvalue weighted by atomic mass is 9.92. The van der Waals surface area contributed by atoms with Crippen LogP contribution < -0.4 is 4.74 Å². The van der Waals surface area contributed by atoms with Crippen LogP contribution in [0.25, 0.3) is 33.9 Å². The summed E-state index contributed by atoms with van der Waals surface area (Å²) in [5, 5.41) is 12.4. The normalized spacial score (nSPS) is 12.5. The number of hydrogen-bond donors (Lipinski definition) is 0. The third-order valence-electron chi connectivity index (χ3n) is 5.01. The van der Waals surface area contributed by atoms with Crippen molar-refractivity contribution in [3.8, 4) is 39.7 Å². The lowest BCUT2D eigenvalue weighted by Crippen LogP contribution is -2.11. The largest absolute Gasteiger partial charge is 0.496 e. The molecule has 7 nitrogen and oxygen atoms in total. The molecule has 8 heteroatoms. The Kier molecular flexibility index (Phi) is 3.71. The van der Waals surface area contributed by atoms with Gasteiger partial charge in [0.15, 0.2) is 0 Å². The van der Waals surface area contributed by atoms with Crippen LogP contribution in [-0.4, -0.2) is 36.9 Å². The standard InChI is InChI=1S/C20H17FN6O/c1-26-24-20(23-25-26)16-10-15-13(9-17(16)28-2)7-8-27-11-22-18(19(15)27)12-3-5-14(21)6-4-12/h3-6,9-11H,7-8H2,1-2H3. The smallest absolute Gasteiger partial charge is 0.208 e. The number of methoxy groups -OCH3 is 1. The molecule has 0 saturated carbocycles. The number of hydrogen-bond acceptors (Lipinski definition) is 5. The molecule has 0 unspecified atom stereocenters. The molecule has 1 aliphatic rings. The summed E-state index contributed by atoms with van der Waals surface area (Å²) in [5.74, 6) is 0.947. The van der Waals surface area contributed by atoms with E-state index in [4.69, 9.17) is 4.74 Å². The van der Waals surface area contributed by atoms with Crippen LogP contribution in [0.15, 0.2) is 42.7 Å². The van der Waals surface area contributed by atoms with Crippen molar-refractivity contribution in [2.75, 3.05) is 7.11 Å². The summed E-state index contributed by atoms with van der Waals surface area (Å²) in [6, 6.07) is 10.5. The second kappa shape index (κ2) is 6.26.